The Bertz CT molecular complexity index is 1020. The summed E-state index contributed by atoms with van der Waals surface area (Å²) in [6.07, 6.45) is 3.66. The maximum Gasteiger partial charge on any atom is 0.266 e. The average molecular weight is 359 g/mol. The summed E-state index contributed by atoms with van der Waals surface area (Å²) in [5.41, 5.74) is 1.04. The summed E-state index contributed by atoms with van der Waals surface area (Å²) in [6.45, 7) is 2.53. The van der Waals surface area contributed by atoms with E-state index in [2.05, 4.69) is 28.2 Å². The molecule has 0 saturated carbocycles. The summed E-state index contributed by atoms with van der Waals surface area (Å²) in [7, 11) is 0. The second-order valence-electron chi connectivity index (χ2n) is 5.81. The van der Waals surface area contributed by atoms with E-state index in [1.54, 1.807) is 11.1 Å². The molecule has 0 unspecified atom stereocenters. The van der Waals surface area contributed by atoms with Gasteiger partial charge in [0.15, 0.2) is 11.0 Å². The van der Waals surface area contributed by atoms with Crippen molar-refractivity contribution in [2.45, 2.75) is 6.92 Å². The van der Waals surface area contributed by atoms with E-state index >= 15 is 0 Å². The third-order valence-corrected chi connectivity index (χ3v) is 5.18. The summed E-state index contributed by atoms with van der Waals surface area (Å²) in [4.78, 5) is 24.0. The lowest BCUT2D eigenvalue weighted by molar-refractivity contribution is -0.122. The number of nitrogens with zero attached hydrogens (tertiary/aromatic N) is 3. The number of aromatic nitrogens is 1. The van der Waals surface area contributed by atoms with Gasteiger partial charge in [-0.3, -0.25) is 9.69 Å². The SMILES string of the molecule is CCN1C(=O)/C(=C/c2cccc3ccccc23)S/C1=N/c1ccccn1. The lowest BCUT2D eigenvalue weighted by atomic mass is 10.0. The number of hydrogen-bond acceptors (Lipinski definition) is 4. The normalized spacial score (nSPS) is 17.6. The zero-order valence-electron chi connectivity index (χ0n) is 14.3. The Hall–Kier alpha value is -2.92. The number of aliphatic imine (C=N–C) groups is 1. The molecule has 1 saturated heterocycles. The Morgan fingerprint density at radius 1 is 1.08 bits per heavy atom. The van der Waals surface area contributed by atoms with Crippen LogP contribution in [0.3, 0.4) is 0 Å². The minimum Gasteiger partial charge on any atom is -0.287 e. The Morgan fingerprint density at radius 3 is 2.69 bits per heavy atom. The molecule has 1 fully saturated rings. The second-order valence-corrected chi connectivity index (χ2v) is 6.82. The predicted octanol–water partition coefficient (Wildman–Crippen LogP) is 4.86. The van der Waals surface area contributed by atoms with Gasteiger partial charge in [0, 0.05) is 12.7 Å². The van der Waals surface area contributed by atoms with Gasteiger partial charge in [-0.25, -0.2) is 9.98 Å². The molecule has 0 N–H and O–H groups in total. The first-order valence-corrected chi connectivity index (χ1v) is 9.27. The first-order valence-electron chi connectivity index (χ1n) is 8.45. The number of likely N-dealkylation sites (N-methyl/N-ethyl adjacent to an activating group) is 1. The highest BCUT2D eigenvalue weighted by Crippen LogP contribution is 2.34. The number of rotatable bonds is 3. The second kappa shape index (κ2) is 7.14. The van der Waals surface area contributed by atoms with Crippen molar-refractivity contribution in [2.75, 3.05) is 6.54 Å². The van der Waals surface area contributed by atoms with Gasteiger partial charge in [-0.1, -0.05) is 48.5 Å². The van der Waals surface area contributed by atoms with Crippen molar-refractivity contribution in [1.29, 1.82) is 0 Å². The number of amidine groups is 1. The number of fused-ring (bicyclic) bond motifs is 1. The highest BCUT2D eigenvalue weighted by atomic mass is 32.2. The van der Waals surface area contributed by atoms with E-state index in [9.17, 15) is 4.79 Å². The number of carbonyl (C=O) groups excluding carboxylic acids is 1. The van der Waals surface area contributed by atoms with Crippen LogP contribution in [0.15, 0.2) is 76.8 Å². The molecule has 3 aromatic rings. The van der Waals surface area contributed by atoms with Gasteiger partial charge in [0.25, 0.3) is 5.91 Å². The van der Waals surface area contributed by atoms with Crippen molar-refractivity contribution in [3.63, 3.8) is 0 Å². The number of pyridine rings is 1. The topological polar surface area (TPSA) is 45.6 Å². The molecule has 4 nitrogen and oxygen atoms in total. The summed E-state index contributed by atoms with van der Waals surface area (Å²) < 4.78 is 0. The van der Waals surface area contributed by atoms with Gasteiger partial charge >= 0.3 is 0 Å². The number of amides is 1. The molecule has 1 aromatic heterocycles. The molecule has 1 amide bonds. The van der Waals surface area contributed by atoms with E-state index in [0.29, 0.717) is 22.4 Å². The van der Waals surface area contributed by atoms with E-state index in [1.165, 1.54) is 11.8 Å². The third-order valence-electron chi connectivity index (χ3n) is 4.17. The molecule has 4 rings (SSSR count). The zero-order valence-corrected chi connectivity index (χ0v) is 15.1. The zero-order chi connectivity index (χ0) is 17.9. The number of hydrogen-bond donors (Lipinski definition) is 0. The van der Waals surface area contributed by atoms with E-state index in [4.69, 9.17) is 0 Å². The van der Waals surface area contributed by atoms with Crippen molar-refractivity contribution in [3.05, 3.63) is 77.3 Å². The fourth-order valence-corrected chi connectivity index (χ4v) is 3.95. The van der Waals surface area contributed by atoms with Gasteiger partial charge in [0.2, 0.25) is 0 Å². The Morgan fingerprint density at radius 2 is 1.88 bits per heavy atom. The van der Waals surface area contributed by atoms with Crippen LogP contribution in [-0.2, 0) is 4.79 Å². The standard InChI is InChI=1S/C21H17N3OS/c1-2-24-20(25)18(26-21(24)23-19-12-5-6-13-22-19)14-16-10-7-9-15-8-3-4-11-17(15)16/h3-14H,2H2,1H3/b18-14-,23-21+. The largest absolute Gasteiger partial charge is 0.287 e. The fraction of sp³-hybridized carbons (Fsp3) is 0.0952. The first-order chi connectivity index (χ1) is 12.8. The van der Waals surface area contributed by atoms with E-state index in [0.717, 1.165) is 16.3 Å². The monoisotopic (exact) mass is 359 g/mol. The van der Waals surface area contributed by atoms with Gasteiger partial charge in [0.1, 0.15) is 0 Å². The van der Waals surface area contributed by atoms with Gasteiger partial charge < -0.3 is 0 Å². The molecule has 2 heterocycles. The summed E-state index contributed by atoms with van der Waals surface area (Å²) >= 11 is 1.40. The van der Waals surface area contributed by atoms with Crippen LogP contribution in [0.1, 0.15) is 12.5 Å². The fourth-order valence-electron chi connectivity index (χ4n) is 2.91. The van der Waals surface area contributed by atoms with Gasteiger partial charge in [0.05, 0.1) is 4.91 Å². The van der Waals surface area contributed by atoms with E-state index in [1.807, 2.05) is 55.5 Å². The molecule has 0 spiro atoms. The summed E-state index contributed by atoms with van der Waals surface area (Å²) in [5.74, 6) is 0.591. The van der Waals surface area contributed by atoms with E-state index < -0.39 is 0 Å². The Balaban J connectivity index is 1.74. The summed E-state index contributed by atoms with van der Waals surface area (Å²) in [6, 6.07) is 19.9. The van der Waals surface area contributed by atoms with Crippen molar-refractivity contribution in [1.82, 2.24) is 9.88 Å². The van der Waals surface area contributed by atoms with E-state index in [-0.39, 0.29) is 5.91 Å². The average Bonchev–Trinajstić information content (AvgIpc) is 2.97. The molecule has 0 atom stereocenters. The number of thioether (sulfide) groups is 1. The molecular weight excluding hydrogens is 342 g/mol. The number of carbonyl (C=O) groups is 1. The minimum absolute atomic E-state index is 0.0138. The van der Waals surface area contributed by atoms with Crippen LogP contribution in [0, 0.1) is 0 Å². The predicted molar refractivity (Wildman–Crippen MR) is 108 cm³/mol. The maximum atomic E-state index is 12.8. The van der Waals surface area contributed by atoms with Crippen LogP contribution in [0.5, 0.6) is 0 Å². The smallest absolute Gasteiger partial charge is 0.266 e. The molecule has 0 radical (unpaired) electrons. The van der Waals surface area contributed by atoms with Crippen LogP contribution in [0.4, 0.5) is 5.82 Å². The minimum atomic E-state index is -0.0138. The Labute approximate surface area is 156 Å². The first kappa shape index (κ1) is 16.5. The molecule has 26 heavy (non-hydrogen) atoms. The molecule has 2 aromatic carbocycles. The molecule has 0 bridgehead atoms. The van der Waals surface area contributed by atoms with Crippen molar-refractivity contribution in [3.8, 4) is 0 Å². The van der Waals surface area contributed by atoms with Gasteiger partial charge in [-0.2, -0.15) is 0 Å². The van der Waals surface area contributed by atoms with Crippen molar-refractivity contribution >= 4 is 45.5 Å². The van der Waals surface area contributed by atoms with Crippen LogP contribution in [0.25, 0.3) is 16.8 Å². The van der Waals surface area contributed by atoms with Crippen LogP contribution < -0.4 is 0 Å². The highest BCUT2D eigenvalue weighted by Gasteiger charge is 2.32. The molecule has 0 aliphatic carbocycles. The maximum absolute atomic E-state index is 12.8. The molecule has 1 aliphatic rings. The van der Waals surface area contributed by atoms with Gasteiger partial charge in [-0.05, 0) is 53.2 Å². The molecule has 1 aliphatic heterocycles. The number of benzene rings is 2. The lowest BCUT2D eigenvalue weighted by Gasteiger charge is -2.11. The molecular formula is C21H17N3OS. The third kappa shape index (κ3) is 3.13. The summed E-state index contributed by atoms with van der Waals surface area (Å²) in [5, 5.41) is 2.96. The van der Waals surface area contributed by atoms with Crippen LogP contribution >= 0.6 is 11.8 Å². The quantitative estimate of drug-likeness (QED) is 0.628. The molecule has 5 heteroatoms. The molecule has 128 valence electrons. The van der Waals surface area contributed by atoms with Crippen LogP contribution in [-0.4, -0.2) is 27.5 Å². The van der Waals surface area contributed by atoms with Gasteiger partial charge in [-0.15, -0.1) is 0 Å². The van der Waals surface area contributed by atoms with Crippen molar-refractivity contribution < 1.29 is 4.79 Å². The van der Waals surface area contributed by atoms with Crippen molar-refractivity contribution in [2.24, 2.45) is 4.99 Å². The Kier molecular flexibility index (Phi) is 4.54. The highest BCUT2D eigenvalue weighted by molar-refractivity contribution is 8.18. The lowest BCUT2D eigenvalue weighted by Crippen LogP contribution is -2.28. The van der Waals surface area contributed by atoms with Crippen LogP contribution in [0.2, 0.25) is 0 Å².